The molecule has 2 N–H and O–H groups in total. The monoisotopic (exact) mass is 203 g/mol. The van der Waals surface area contributed by atoms with Gasteiger partial charge in [0.05, 0.1) is 11.4 Å². The Morgan fingerprint density at radius 1 is 1.67 bits per heavy atom. The number of aliphatic hydroxyl groups excluding tert-OH is 1. The third kappa shape index (κ3) is 1.77. The lowest BCUT2D eigenvalue weighted by Gasteiger charge is -2.09. The molecular weight excluding hydrogens is 194 g/mol. The van der Waals surface area contributed by atoms with Gasteiger partial charge in [-0.2, -0.15) is 4.37 Å². The maximum Gasteiger partial charge on any atom is 0.170 e. The van der Waals surface area contributed by atoms with E-state index in [2.05, 4.69) is 14.7 Å². The SMILES string of the molecule is OC1CNCC1Sc1ncns1. The van der Waals surface area contributed by atoms with Crippen LogP contribution in [0.5, 0.6) is 0 Å². The lowest BCUT2D eigenvalue weighted by Crippen LogP contribution is -2.19. The van der Waals surface area contributed by atoms with E-state index >= 15 is 0 Å². The van der Waals surface area contributed by atoms with Gasteiger partial charge < -0.3 is 10.4 Å². The lowest BCUT2D eigenvalue weighted by molar-refractivity contribution is 0.201. The summed E-state index contributed by atoms with van der Waals surface area (Å²) in [6.07, 6.45) is 1.29. The van der Waals surface area contributed by atoms with E-state index in [1.54, 1.807) is 18.1 Å². The van der Waals surface area contributed by atoms with Crippen LogP contribution in [0.1, 0.15) is 0 Å². The minimum Gasteiger partial charge on any atom is -0.391 e. The number of hydrogen-bond acceptors (Lipinski definition) is 6. The Hall–Kier alpha value is -0.170. The zero-order valence-corrected chi connectivity index (χ0v) is 7.94. The van der Waals surface area contributed by atoms with E-state index in [1.165, 1.54) is 11.5 Å². The fourth-order valence-electron chi connectivity index (χ4n) is 1.11. The maximum absolute atomic E-state index is 9.46. The van der Waals surface area contributed by atoms with Crippen molar-refractivity contribution in [2.75, 3.05) is 13.1 Å². The summed E-state index contributed by atoms with van der Waals surface area (Å²) in [5, 5.41) is 12.8. The smallest absolute Gasteiger partial charge is 0.170 e. The van der Waals surface area contributed by atoms with Gasteiger partial charge >= 0.3 is 0 Å². The van der Waals surface area contributed by atoms with Crippen LogP contribution in [0.25, 0.3) is 0 Å². The second-order valence-corrected chi connectivity index (χ2v) is 4.86. The number of nitrogens with zero attached hydrogens (tertiary/aromatic N) is 2. The highest BCUT2D eigenvalue weighted by molar-refractivity contribution is 8.01. The Morgan fingerprint density at radius 3 is 3.17 bits per heavy atom. The summed E-state index contributed by atoms with van der Waals surface area (Å²) >= 11 is 2.97. The van der Waals surface area contributed by atoms with Gasteiger partial charge in [0.1, 0.15) is 6.33 Å². The molecule has 2 rings (SSSR count). The van der Waals surface area contributed by atoms with Crippen LogP contribution in [0.4, 0.5) is 0 Å². The van der Waals surface area contributed by atoms with E-state index in [4.69, 9.17) is 0 Å². The molecular formula is C6H9N3OS2. The third-order valence-electron chi connectivity index (χ3n) is 1.72. The number of hydrogen-bond donors (Lipinski definition) is 2. The van der Waals surface area contributed by atoms with Gasteiger partial charge in [-0.1, -0.05) is 11.8 Å². The van der Waals surface area contributed by atoms with Crippen molar-refractivity contribution in [3.05, 3.63) is 6.33 Å². The van der Waals surface area contributed by atoms with Gasteiger partial charge in [0.2, 0.25) is 0 Å². The summed E-state index contributed by atoms with van der Waals surface area (Å²) in [6, 6.07) is 0. The van der Waals surface area contributed by atoms with Gasteiger partial charge in [-0.25, -0.2) is 4.98 Å². The highest BCUT2D eigenvalue weighted by Crippen LogP contribution is 2.27. The van der Waals surface area contributed by atoms with Crippen LogP contribution in [0, 0.1) is 0 Å². The summed E-state index contributed by atoms with van der Waals surface area (Å²) in [4.78, 5) is 4.05. The first-order valence-electron chi connectivity index (χ1n) is 3.68. The average Bonchev–Trinajstić information content (AvgIpc) is 2.65. The van der Waals surface area contributed by atoms with Crippen LogP contribution in [0.2, 0.25) is 0 Å². The molecule has 1 saturated heterocycles. The summed E-state index contributed by atoms with van der Waals surface area (Å²) in [7, 11) is 0. The lowest BCUT2D eigenvalue weighted by atomic mass is 10.3. The largest absolute Gasteiger partial charge is 0.391 e. The Balaban J connectivity index is 1.95. The molecule has 0 saturated carbocycles. The minimum atomic E-state index is -0.251. The van der Waals surface area contributed by atoms with Crippen molar-refractivity contribution in [2.45, 2.75) is 15.7 Å². The molecule has 2 unspecified atom stereocenters. The Bertz CT molecular complexity index is 241. The fraction of sp³-hybridized carbons (Fsp3) is 0.667. The van der Waals surface area contributed by atoms with Gasteiger partial charge in [0, 0.05) is 13.1 Å². The number of β-amino-alcohol motifs (C(OH)–C–C–N with tert-alkyl or cyclic N) is 1. The molecule has 2 heterocycles. The summed E-state index contributed by atoms with van der Waals surface area (Å²) in [5.74, 6) is 0. The molecule has 0 radical (unpaired) electrons. The third-order valence-corrected chi connectivity index (χ3v) is 3.79. The van der Waals surface area contributed by atoms with E-state index in [0.29, 0.717) is 6.54 Å². The fourth-order valence-corrected chi connectivity index (χ4v) is 2.88. The zero-order chi connectivity index (χ0) is 8.39. The van der Waals surface area contributed by atoms with E-state index < -0.39 is 0 Å². The Morgan fingerprint density at radius 2 is 2.58 bits per heavy atom. The number of thioether (sulfide) groups is 1. The van der Waals surface area contributed by atoms with E-state index in [1.807, 2.05) is 0 Å². The first kappa shape index (κ1) is 8.43. The molecule has 0 bridgehead atoms. The summed E-state index contributed by atoms with van der Waals surface area (Å²) in [6.45, 7) is 1.54. The zero-order valence-electron chi connectivity index (χ0n) is 6.30. The molecule has 2 atom stereocenters. The molecule has 0 spiro atoms. The second kappa shape index (κ2) is 3.69. The minimum absolute atomic E-state index is 0.234. The van der Waals surface area contributed by atoms with Crippen molar-refractivity contribution in [3.8, 4) is 0 Å². The Labute approximate surface area is 78.6 Å². The van der Waals surface area contributed by atoms with Gasteiger partial charge in [0.25, 0.3) is 0 Å². The predicted molar refractivity (Wildman–Crippen MR) is 48.4 cm³/mol. The number of aliphatic hydroxyl groups is 1. The van der Waals surface area contributed by atoms with Crippen LogP contribution in [-0.4, -0.2) is 38.9 Å². The van der Waals surface area contributed by atoms with Crippen molar-refractivity contribution < 1.29 is 5.11 Å². The number of rotatable bonds is 2. The Kier molecular flexibility index (Phi) is 2.60. The summed E-state index contributed by atoms with van der Waals surface area (Å²) in [5.41, 5.74) is 0. The maximum atomic E-state index is 9.46. The van der Waals surface area contributed by atoms with Crippen molar-refractivity contribution in [1.29, 1.82) is 0 Å². The van der Waals surface area contributed by atoms with E-state index in [-0.39, 0.29) is 11.4 Å². The quantitative estimate of drug-likeness (QED) is 0.706. The van der Waals surface area contributed by atoms with Crippen molar-refractivity contribution in [3.63, 3.8) is 0 Å². The molecule has 0 aromatic carbocycles. The normalized spacial score (nSPS) is 29.4. The van der Waals surface area contributed by atoms with Crippen molar-refractivity contribution in [2.24, 2.45) is 0 Å². The topological polar surface area (TPSA) is 58.0 Å². The van der Waals surface area contributed by atoms with E-state index in [9.17, 15) is 5.11 Å². The second-order valence-electron chi connectivity index (χ2n) is 2.59. The van der Waals surface area contributed by atoms with Crippen LogP contribution in [0.15, 0.2) is 10.7 Å². The van der Waals surface area contributed by atoms with E-state index in [0.717, 1.165) is 10.9 Å². The van der Waals surface area contributed by atoms with Crippen LogP contribution in [0.3, 0.4) is 0 Å². The molecule has 12 heavy (non-hydrogen) atoms. The van der Waals surface area contributed by atoms with Gasteiger partial charge in [-0.15, -0.1) is 0 Å². The van der Waals surface area contributed by atoms with Crippen LogP contribution >= 0.6 is 23.3 Å². The molecule has 0 amide bonds. The molecule has 6 heteroatoms. The molecule has 1 fully saturated rings. The standard InChI is InChI=1S/C6H9N3OS2/c10-4-1-7-2-5(4)11-6-8-3-9-12-6/h3-5,7,10H,1-2H2. The predicted octanol–water partition coefficient (Wildman–Crippen LogP) is -0.0371. The molecule has 1 aliphatic heterocycles. The molecule has 1 aliphatic rings. The molecule has 1 aromatic heterocycles. The highest BCUT2D eigenvalue weighted by Gasteiger charge is 2.26. The first-order valence-corrected chi connectivity index (χ1v) is 5.33. The molecule has 4 nitrogen and oxygen atoms in total. The number of nitrogens with one attached hydrogen (secondary N) is 1. The molecule has 66 valence electrons. The summed E-state index contributed by atoms with van der Waals surface area (Å²) < 4.78 is 4.83. The number of aromatic nitrogens is 2. The van der Waals surface area contributed by atoms with Crippen LogP contribution < -0.4 is 5.32 Å². The highest BCUT2D eigenvalue weighted by atomic mass is 32.2. The van der Waals surface area contributed by atoms with Gasteiger partial charge in [-0.3, -0.25) is 0 Å². The van der Waals surface area contributed by atoms with Crippen LogP contribution in [-0.2, 0) is 0 Å². The van der Waals surface area contributed by atoms with Gasteiger partial charge in [-0.05, 0) is 11.5 Å². The first-order chi connectivity index (χ1) is 5.86. The molecule has 1 aromatic rings. The van der Waals surface area contributed by atoms with Gasteiger partial charge in [0.15, 0.2) is 4.34 Å². The average molecular weight is 203 g/mol. The van der Waals surface area contributed by atoms with Crippen molar-refractivity contribution in [1.82, 2.24) is 14.7 Å². The molecule has 0 aliphatic carbocycles. The van der Waals surface area contributed by atoms with Crippen molar-refractivity contribution >= 4 is 23.3 Å².